The Labute approximate surface area is 170 Å². The molecule has 2 aromatic rings. The summed E-state index contributed by atoms with van der Waals surface area (Å²) in [6, 6.07) is -1.24. The smallest absolute Gasteiger partial charge is 0.394 e. The van der Waals surface area contributed by atoms with E-state index in [1.807, 2.05) is 6.92 Å². The van der Waals surface area contributed by atoms with Crippen LogP contribution in [0.4, 0.5) is 23.4 Å². The number of ether oxygens (including phenoxy) is 1. The first-order valence-electron chi connectivity index (χ1n) is 9.62. The average molecular weight is 435 g/mol. The van der Waals surface area contributed by atoms with Gasteiger partial charge in [0, 0.05) is 13.2 Å². The second-order valence-electron chi connectivity index (χ2n) is 7.62. The van der Waals surface area contributed by atoms with Crippen molar-refractivity contribution in [3.8, 4) is 0 Å². The number of fused-ring (bicyclic) bond motifs is 1. The highest BCUT2D eigenvalue weighted by molar-refractivity contribution is 5.83. The topological polar surface area (TPSA) is 105 Å². The third-order valence-corrected chi connectivity index (χ3v) is 5.46. The van der Waals surface area contributed by atoms with Gasteiger partial charge in [0.1, 0.15) is 23.9 Å². The molecule has 0 spiro atoms. The summed E-state index contributed by atoms with van der Waals surface area (Å²) >= 11 is 0. The van der Waals surface area contributed by atoms with E-state index in [2.05, 4.69) is 20.3 Å². The Hall–Kier alpha value is -2.05. The zero-order chi connectivity index (χ0) is 22.2. The molecule has 0 aromatic carbocycles. The number of rotatable bonds is 9. The Balaban J connectivity index is 2.01. The van der Waals surface area contributed by atoms with E-state index >= 15 is 0 Å². The fourth-order valence-electron chi connectivity index (χ4n) is 3.34. The summed E-state index contributed by atoms with van der Waals surface area (Å²) in [5.41, 5.74) is -0.127. The maximum absolute atomic E-state index is 14.9. The summed E-state index contributed by atoms with van der Waals surface area (Å²) in [6.45, 7) is 2.60. The lowest BCUT2D eigenvalue weighted by Gasteiger charge is -2.27. The van der Waals surface area contributed by atoms with Gasteiger partial charge in [-0.1, -0.05) is 0 Å². The molecule has 0 bridgehead atoms. The van der Waals surface area contributed by atoms with Crippen LogP contribution in [-0.2, 0) is 10.9 Å². The molecule has 8 nitrogen and oxygen atoms in total. The third-order valence-electron chi connectivity index (χ3n) is 5.46. The molecular weight excluding hydrogens is 410 g/mol. The van der Waals surface area contributed by atoms with Crippen molar-refractivity contribution in [2.75, 3.05) is 19.0 Å². The van der Waals surface area contributed by atoms with E-state index in [1.165, 1.54) is 14.0 Å². The largest absolute Gasteiger partial charge is 0.451 e. The second-order valence-corrected chi connectivity index (χ2v) is 7.62. The maximum atomic E-state index is 14.9. The zero-order valence-corrected chi connectivity index (χ0v) is 16.8. The molecule has 2 heterocycles. The van der Waals surface area contributed by atoms with Crippen LogP contribution in [-0.4, -0.2) is 67.9 Å². The standard InChI is InChI=1S/C18H25F4N5O3/c1-8(10-4-5-10)24-15-13-16(26-17(25-15)18(20,21)22)27(7-23-13)9(2)12(19)14(29)11(6-28)30-3/h7-12,14,28-29H,4-6H2,1-3H3,(H,24,25,26). The van der Waals surface area contributed by atoms with Gasteiger partial charge in [0.05, 0.1) is 19.0 Å². The summed E-state index contributed by atoms with van der Waals surface area (Å²) in [6.07, 6.45) is -6.54. The Morgan fingerprint density at radius 3 is 2.50 bits per heavy atom. The third kappa shape index (κ3) is 4.49. The first kappa shape index (κ1) is 22.6. The normalized spacial score (nSPS) is 20.0. The molecule has 168 valence electrons. The molecular formula is C18H25F4N5O3. The quantitative estimate of drug-likeness (QED) is 0.519. The minimum Gasteiger partial charge on any atom is -0.394 e. The second kappa shape index (κ2) is 8.60. The highest BCUT2D eigenvalue weighted by Gasteiger charge is 2.38. The summed E-state index contributed by atoms with van der Waals surface area (Å²) < 4.78 is 61.0. The van der Waals surface area contributed by atoms with Crippen molar-refractivity contribution in [1.82, 2.24) is 19.5 Å². The Morgan fingerprint density at radius 2 is 1.97 bits per heavy atom. The number of hydrogen-bond donors (Lipinski definition) is 3. The van der Waals surface area contributed by atoms with Crippen LogP contribution >= 0.6 is 0 Å². The lowest BCUT2D eigenvalue weighted by Crippen LogP contribution is -2.42. The molecule has 0 amide bonds. The lowest BCUT2D eigenvalue weighted by atomic mass is 10.0. The first-order chi connectivity index (χ1) is 14.1. The molecule has 1 aliphatic carbocycles. The van der Waals surface area contributed by atoms with Crippen LogP contribution in [0.3, 0.4) is 0 Å². The molecule has 12 heteroatoms. The summed E-state index contributed by atoms with van der Waals surface area (Å²) in [5, 5.41) is 22.3. The van der Waals surface area contributed by atoms with Crippen molar-refractivity contribution in [3.05, 3.63) is 12.2 Å². The van der Waals surface area contributed by atoms with Crippen molar-refractivity contribution < 1.29 is 32.5 Å². The highest BCUT2D eigenvalue weighted by atomic mass is 19.4. The van der Waals surface area contributed by atoms with Crippen LogP contribution < -0.4 is 5.32 Å². The van der Waals surface area contributed by atoms with Crippen LogP contribution in [0.2, 0.25) is 0 Å². The number of halogens is 4. The van der Waals surface area contributed by atoms with Crippen molar-refractivity contribution in [1.29, 1.82) is 0 Å². The van der Waals surface area contributed by atoms with Crippen LogP contribution in [0.1, 0.15) is 38.6 Å². The molecule has 0 aliphatic heterocycles. The molecule has 1 aliphatic rings. The molecule has 3 rings (SSSR count). The number of methoxy groups -OCH3 is 1. The van der Waals surface area contributed by atoms with E-state index in [0.29, 0.717) is 5.92 Å². The van der Waals surface area contributed by atoms with E-state index in [9.17, 15) is 27.8 Å². The molecule has 30 heavy (non-hydrogen) atoms. The Kier molecular flexibility index (Phi) is 6.48. The molecule has 5 unspecified atom stereocenters. The van der Waals surface area contributed by atoms with Gasteiger partial charge in [-0.2, -0.15) is 13.2 Å². The van der Waals surface area contributed by atoms with E-state index in [1.54, 1.807) is 0 Å². The minimum atomic E-state index is -4.81. The van der Waals surface area contributed by atoms with Crippen molar-refractivity contribution in [2.24, 2.45) is 5.92 Å². The maximum Gasteiger partial charge on any atom is 0.451 e. The molecule has 3 N–H and O–H groups in total. The van der Waals surface area contributed by atoms with E-state index < -0.39 is 43.0 Å². The summed E-state index contributed by atoms with van der Waals surface area (Å²) in [5.74, 6) is -1.09. The Bertz CT molecular complexity index is 869. The predicted molar refractivity (Wildman–Crippen MR) is 99.6 cm³/mol. The predicted octanol–water partition coefficient (Wildman–Crippen LogP) is 2.32. The zero-order valence-electron chi connectivity index (χ0n) is 16.8. The van der Waals surface area contributed by atoms with Gasteiger partial charge in [-0.25, -0.2) is 19.3 Å². The number of aliphatic hydroxyl groups excluding tert-OH is 2. The monoisotopic (exact) mass is 435 g/mol. The lowest BCUT2D eigenvalue weighted by molar-refractivity contribution is -0.144. The van der Waals surface area contributed by atoms with Gasteiger partial charge in [0.25, 0.3) is 0 Å². The van der Waals surface area contributed by atoms with Gasteiger partial charge in [0.2, 0.25) is 5.82 Å². The fraction of sp³-hybridized carbons (Fsp3) is 0.722. The van der Waals surface area contributed by atoms with Gasteiger partial charge < -0.3 is 24.8 Å². The molecule has 1 fully saturated rings. The van der Waals surface area contributed by atoms with Crippen LogP contribution in [0.15, 0.2) is 6.33 Å². The van der Waals surface area contributed by atoms with Gasteiger partial charge in [-0.05, 0) is 32.6 Å². The number of anilines is 1. The Morgan fingerprint density at radius 1 is 1.30 bits per heavy atom. The van der Waals surface area contributed by atoms with Crippen LogP contribution in [0, 0.1) is 5.92 Å². The van der Waals surface area contributed by atoms with E-state index in [0.717, 1.165) is 23.7 Å². The summed E-state index contributed by atoms with van der Waals surface area (Å²) in [7, 11) is 1.20. The molecule has 0 radical (unpaired) electrons. The van der Waals surface area contributed by atoms with Crippen molar-refractivity contribution in [2.45, 2.75) is 63.3 Å². The molecule has 0 saturated heterocycles. The summed E-state index contributed by atoms with van der Waals surface area (Å²) in [4.78, 5) is 11.3. The van der Waals surface area contributed by atoms with Crippen molar-refractivity contribution >= 4 is 17.0 Å². The molecule has 5 atom stereocenters. The number of imidazole rings is 1. The molecule has 2 aromatic heterocycles. The first-order valence-corrected chi connectivity index (χ1v) is 9.62. The average Bonchev–Trinajstić information content (AvgIpc) is 3.46. The number of nitrogens with zero attached hydrogens (tertiary/aromatic N) is 4. The number of nitrogens with one attached hydrogen (secondary N) is 1. The van der Waals surface area contributed by atoms with Gasteiger partial charge in [-0.15, -0.1) is 0 Å². The number of aliphatic hydroxyl groups is 2. The highest BCUT2D eigenvalue weighted by Crippen LogP contribution is 2.36. The van der Waals surface area contributed by atoms with E-state index in [-0.39, 0.29) is 23.0 Å². The van der Waals surface area contributed by atoms with Crippen LogP contribution in [0.5, 0.6) is 0 Å². The van der Waals surface area contributed by atoms with Gasteiger partial charge in [-0.3, -0.25) is 0 Å². The number of alkyl halides is 4. The number of hydrogen-bond acceptors (Lipinski definition) is 7. The van der Waals surface area contributed by atoms with Crippen LogP contribution in [0.25, 0.3) is 11.2 Å². The molecule has 1 saturated carbocycles. The fourth-order valence-corrected chi connectivity index (χ4v) is 3.34. The van der Waals surface area contributed by atoms with E-state index in [4.69, 9.17) is 4.74 Å². The van der Waals surface area contributed by atoms with Gasteiger partial charge >= 0.3 is 6.18 Å². The van der Waals surface area contributed by atoms with Crippen molar-refractivity contribution in [3.63, 3.8) is 0 Å². The van der Waals surface area contributed by atoms with Gasteiger partial charge in [0.15, 0.2) is 11.5 Å². The SMILES string of the molecule is COC(CO)C(O)C(F)C(C)n1cnc2c(NC(C)C3CC3)nc(C(F)(F)F)nc21. The number of aromatic nitrogens is 4. The minimum absolute atomic E-state index is 0.0706.